The van der Waals surface area contributed by atoms with Gasteiger partial charge in [-0.25, -0.2) is 4.79 Å². The Labute approximate surface area is 120 Å². The summed E-state index contributed by atoms with van der Waals surface area (Å²) in [6.45, 7) is 2.30. The van der Waals surface area contributed by atoms with Crippen molar-refractivity contribution in [2.24, 2.45) is 0 Å². The number of oxazole rings is 1. The first-order chi connectivity index (χ1) is 9.84. The lowest BCUT2D eigenvalue weighted by atomic mass is 10.2. The molecule has 0 fully saturated rings. The van der Waals surface area contributed by atoms with Gasteiger partial charge in [0.25, 0.3) is 0 Å². The number of rotatable bonds is 6. The van der Waals surface area contributed by atoms with Crippen LogP contribution >= 0.6 is 11.3 Å². The fraction of sp³-hybridized carbons (Fsp3) is 0.267. The van der Waals surface area contributed by atoms with Gasteiger partial charge < -0.3 is 9.73 Å². The van der Waals surface area contributed by atoms with Crippen molar-refractivity contribution in [1.29, 1.82) is 0 Å². The zero-order valence-electron chi connectivity index (χ0n) is 11.0. The van der Waals surface area contributed by atoms with Crippen molar-refractivity contribution < 1.29 is 4.42 Å². The van der Waals surface area contributed by atoms with Crippen molar-refractivity contribution >= 4 is 22.4 Å². The highest BCUT2D eigenvalue weighted by Crippen LogP contribution is 2.11. The Kier molecular flexibility index (Phi) is 3.99. The van der Waals surface area contributed by atoms with E-state index in [0.29, 0.717) is 12.1 Å². The standard InChI is InChI=1S/C15H16N2O2S/c18-15-17(13-3-1-2-4-14(13)19-15)9-8-16-7-5-12-6-10-20-11-12/h1-4,6,10-11,16H,5,7-9H2. The monoisotopic (exact) mass is 288 g/mol. The Bertz CT molecular complexity index is 728. The summed E-state index contributed by atoms with van der Waals surface area (Å²) in [7, 11) is 0. The van der Waals surface area contributed by atoms with Crippen molar-refractivity contribution in [2.45, 2.75) is 13.0 Å². The minimum atomic E-state index is -0.286. The summed E-state index contributed by atoms with van der Waals surface area (Å²) < 4.78 is 6.87. The highest BCUT2D eigenvalue weighted by atomic mass is 32.1. The van der Waals surface area contributed by atoms with E-state index in [1.54, 1.807) is 15.9 Å². The maximum atomic E-state index is 11.8. The van der Waals surface area contributed by atoms with Crippen LogP contribution in [0.3, 0.4) is 0 Å². The number of hydrogen-bond acceptors (Lipinski definition) is 4. The maximum Gasteiger partial charge on any atom is 0.419 e. The first-order valence-corrected chi connectivity index (χ1v) is 7.59. The van der Waals surface area contributed by atoms with Gasteiger partial charge in [-0.15, -0.1) is 0 Å². The molecule has 0 bridgehead atoms. The number of hydrogen-bond donors (Lipinski definition) is 1. The fourth-order valence-electron chi connectivity index (χ4n) is 2.21. The van der Waals surface area contributed by atoms with E-state index in [1.165, 1.54) is 5.56 Å². The Morgan fingerprint density at radius 2 is 2.10 bits per heavy atom. The molecule has 2 heterocycles. The Morgan fingerprint density at radius 1 is 1.20 bits per heavy atom. The second-order valence-electron chi connectivity index (χ2n) is 4.62. The molecule has 0 atom stereocenters. The highest BCUT2D eigenvalue weighted by Gasteiger charge is 2.07. The number of para-hydroxylation sites is 2. The molecule has 5 heteroatoms. The first-order valence-electron chi connectivity index (χ1n) is 6.65. The van der Waals surface area contributed by atoms with Gasteiger partial charge in [0, 0.05) is 13.1 Å². The third kappa shape index (κ3) is 2.84. The predicted octanol–water partition coefficient (Wildman–Crippen LogP) is 2.49. The van der Waals surface area contributed by atoms with Crippen LogP contribution in [0.15, 0.2) is 50.3 Å². The van der Waals surface area contributed by atoms with Crippen LogP contribution in [0.2, 0.25) is 0 Å². The normalized spacial score (nSPS) is 11.2. The lowest BCUT2D eigenvalue weighted by molar-refractivity contribution is 0.494. The topological polar surface area (TPSA) is 47.2 Å². The van der Waals surface area contributed by atoms with Gasteiger partial charge in [0.05, 0.1) is 5.52 Å². The Morgan fingerprint density at radius 3 is 2.95 bits per heavy atom. The van der Waals surface area contributed by atoms with E-state index in [2.05, 4.69) is 22.1 Å². The average molecular weight is 288 g/mol. The third-order valence-electron chi connectivity index (χ3n) is 3.26. The van der Waals surface area contributed by atoms with Gasteiger partial charge in [0.15, 0.2) is 5.58 Å². The molecule has 0 unspecified atom stereocenters. The fourth-order valence-corrected chi connectivity index (χ4v) is 2.91. The second-order valence-corrected chi connectivity index (χ2v) is 5.40. The van der Waals surface area contributed by atoms with E-state index < -0.39 is 0 Å². The Hall–Kier alpha value is -1.85. The molecule has 0 saturated heterocycles. The SMILES string of the molecule is O=c1oc2ccccc2n1CCNCCc1ccsc1. The molecule has 2 aromatic heterocycles. The summed E-state index contributed by atoms with van der Waals surface area (Å²) >= 11 is 1.72. The molecule has 0 aliphatic rings. The molecule has 0 radical (unpaired) electrons. The largest absolute Gasteiger partial charge is 0.419 e. The second kappa shape index (κ2) is 6.07. The van der Waals surface area contributed by atoms with Crippen LogP contribution in [-0.4, -0.2) is 17.7 Å². The molecule has 20 heavy (non-hydrogen) atoms. The summed E-state index contributed by atoms with van der Waals surface area (Å²) in [4.78, 5) is 11.8. The van der Waals surface area contributed by atoms with E-state index in [-0.39, 0.29) is 5.76 Å². The van der Waals surface area contributed by atoms with E-state index in [4.69, 9.17) is 4.42 Å². The summed E-state index contributed by atoms with van der Waals surface area (Å²) in [5.74, 6) is -0.286. The zero-order valence-corrected chi connectivity index (χ0v) is 11.9. The average Bonchev–Trinajstić information content (AvgIpc) is 3.06. The minimum absolute atomic E-state index is 0.286. The Balaban J connectivity index is 1.55. The smallest absolute Gasteiger partial charge is 0.408 e. The van der Waals surface area contributed by atoms with Crippen molar-refractivity contribution in [3.63, 3.8) is 0 Å². The zero-order chi connectivity index (χ0) is 13.8. The molecular formula is C15H16N2O2S. The van der Waals surface area contributed by atoms with Crippen LogP contribution < -0.4 is 11.1 Å². The van der Waals surface area contributed by atoms with Gasteiger partial charge in [-0.05, 0) is 47.5 Å². The summed E-state index contributed by atoms with van der Waals surface area (Å²) in [6, 6.07) is 9.65. The van der Waals surface area contributed by atoms with Crippen LogP contribution in [0, 0.1) is 0 Å². The number of thiophene rings is 1. The number of benzene rings is 1. The van der Waals surface area contributed by atoms with Crippen LogP contribution in [0.4, 0.5) is 0 Å². The van der Waals surface area contributed by atoms with Crippen LogP contribution in [0.1, 0.15) is 5.56 Å². The van der Waals surface area contributed by atoms with Crippen LogP contribution in [-0.2, 0) is 13.0 Å². The molecule has 0 saturated carbocycles. The molecule has 4 nitrogen and oxygen atoms in total. The van der Waals surface area contributed by atoms with Gasteiger partial charge in [0.1, 0.15) is 0 Å². The lowest BCUT2D eigenvalue weighted by Crippen LogP contribution is -2.26. The first kappa shape index (κ1) is 13.1. The summed E-state index contributed by atoms with van der Waals surface area (Å²) in [6.07, 6.45) is 1.02. The van der Waals surface area contributed by atoms with Crippen LogP contribution in [0.25, 0.3) is 11.1 Å². The molecule has 0 aliphatic carbocycles. The van der Waals surface area contributed by atoms with E-state index in [1.807, 2.05) is 24.3 Å². The number of fused-ring (bicyclic) bond motifs is 1. The summed E-state index contributed by atoms with van der Waals surface area (Å²) in [5.41, 5.74) is 2.86. The van der Waals surface area contributed by atoms with Gasteiger partial charge in [-0.1, -0.05) is 12.1 Å². The minimum Gasteiger partial charge on any atom is -0.408 e. The lowest BCUT2D eigenvalue weighted by Gasteiger charge is -2.04. The van der Waals surface area contributed by atoms with Gasteiger partial charge in [-0.2, -0.15) is 11.3 Å². The molecule has 1 N–H and O–H groups in total. The molecule has 3 rings (SSSR count). The molecule has 1 aromatic carbocycles. The van der Waals surface area contributed by atoms with Crippen molar-refractivity contribution in [3.8, 4) is 0 Å². The summed E-state index contributed by atoms with van der Waals surface area (Å²) in [5, 5.41) is 7.61. The van der Waals surface area contributed by atoms with Crippen molar-refractivity contribution in [2.75, 3.05) is 13.1 Å². The molecular weight excluding hydrogens is 272 g/mol. The van der Waals surface area contributed by atoms with Gasteiger partial charge in [-0.3, -0.25) is 4.57 Å². The van der Waals surface area contributed by atoms with Crippen molar-refractivity contribution in [1.82, 2.24) is 9.88 Å². The highest BCUT2D eigenvalue weighted by molar-refractivity contribution is 7.07. The molecule has 3 aromatic rings. The molecule has 0 aliphatic heterocycles. The third-order valence-corrected chi connectivity index (χ3v) is 3.99. The number of aromatic nitrogens is 1. The quantitative estimate of drug-likeness (QED) is 0.709. The number of nitrogens with zero attached hydrogens (tertiary/aromatic N) is 1. The maximum absolute atomic E-state index is 11.8. The van der Waals surface area contributed by atoms with Gasteiger partial charge in [0.2, 0.25) is 0 Å². The molecule has 0 amide bonds. The van der Waals surface area contributed by atoms with Crippen LogP contribution in [0.5, 0.6) is 0 Å². The molecule has 104 valence electrons. The van der Waals surface area contributed by atoms with E-state index in [9.17, 15) is 4.79 Å². The number of nitrogens with one attached hydrogen (secondary N) is 1. The van der Waals surface area contributed by atoms with Crippen molar-refractivity contribution in [3.05, 3.63) is 57.2 Å². The predicted molar refractivity (Wildman–Crippen MR) is 81.4 cm³/mol. The molecule has 0 spiro atoms. The van der Waals surface area contributed by atoms with E-state index in [0.717, 1.165) is 25.0 Å². The van der Waals surface area contributed by atoms with Gasteiger partial charge >= 0.3 is 5.76 Å². The van der Waals surface area contributed by atoms with E-state index >= 15 is 0 Å².